The van der Waals surface area contributed by atoms with Gasteiger partial charge in [-0.25, -0.2) is 0 Å². The summed E-state index contributed by atoms with van der Waals surface area (Å²) in [7, 11) is 0. The number of benzene rings is 2. The van der Waals surface area contributed by atoms with Crippen molar-refractivity contribution in [2.24, 2.45) is 0 Å². The van der Waals surface area contributed by atoms with Crippen LogP contribution >= 0.6 is 0 Å². The lowest BCUT2D eigenvalue weighted by molar-refractivity contribution is -0.137. The number of aromatic nitrogens is 1. The van der Waals surface area contributed by atoms with Crippen LogP contribution in [0.25, 0.3) is 11.1 Å². The van der Waals surface area contributed by atoms with E-state index in [-0.39, 0.29) is 17.9 Å². The van der Waals surface area contributed by atoms with Gasteiger partial charge in [-0.1, -0.05) is 24.3 Å². The van der Waals surface area contributed by atoms with E-state index in [1.54, 1.807) is 53.7 Å². The van der Waals surface area contributed by atoms with Gasteiger partial charge in [0.1, 0.15) is 0 Å². The number of aromatic amines is 1. The van der Waals surface area contributed by atoms with E-state index in [0.29, 0.717) is 48.4 Å². The standard InChI is InChI=1S/C26H25F3N4O2/c27-26(28,29)22-3-1-2-20(14-22)18-4-6-19(7-5-18)24(34)33-16-23(17-33)31-10-12-32(13-11-31)25(35)21-8-9-30-15-21/h1-9,14-15,23,30H,10-13,16-17H2. The Morgan fingerprint density at radius 3 is 2.11 bits per heavy atom. The second-order valence-corrected chi connectivity index (χ2v) is 8.95. The number of nitrogens with one attached hydrogen (secondary N) is 1. The number of hydrogen-bond acceptors (Lipinski definition) is 3. The summed E-state index contributed by atoms with van der Waals surface area (Å²) in [5.74, 6) is -0.0528. The molecule has 9 heteroatoms. The van der Waals surface area contributed by atoms with Crippen LogP contribution in [0.1, 0.15) is 26.3 Å². The SMILES string of the molecule is O=C(c1cc[nH]c1)N1CCN(C2CN(C(=O)c3ccc(-c4cccc(C(F)(F)F)c4)cc3)C2)CC1. The monoisotopic (exact) mass is 482 g/mol. The molecule has 2 aromatic carbocycles. The lowest BCUT2D eigenvalue weighted by Crippen LogP contribution is -2.64. The smallest absolute Gasteiger partial charge is 0.367 e. The quantitative estimate of drug-likeness (QED) is 0.612. The molecule has 2 fully saturated rings. The summed E-state index contributed by atoms with van der Waals surface area (Å²) in [6.45, 7) is 4.11. The molecule has 2 aliphatic heterocycles. The summed E-state index contributed by atoms with van der Waals surface area (Å²) in [6.07, 6.45) is -0.955. The van der Waals surface area contributed by atoms with E-state index in [2.05, 4.69) is 9.88 Å². The van der Waals surface area contributed by atoms with E-state index in [0.717, 1.165) is 25.2 Å². The van der Waals surface area contributed by atoms with Crippen molar-refractivity contribution < 1.29 is 22.8 Å². The van der Waals surface area contributed by atoms with Crippen LogP contribution in [0.2, 0.25) is 0 Å². The van der Waals surface area contributed by atoms with Crippen molar-refractivity contribution in [3.8, 4) is 11.1 Å². The highest BCUT2D eigenvalue weighted by molar-refractivity contribution is 5.95. The average molecular weight is 483 g/mol. The highest BCUT2D eigenvalue weighted by atomic mass is 19.4. The van der Waals surface area contributed by atoms with Crippen molar-refractivity contribution in [1.29, 1.82) is 0 Å². The summed E-state index contributed by atoms with van der Waals surface area (Å²) in [6, 6.07) is 13.9. The fraction of sp³-hybridized carbons (Fsp3) is 0.308. The predicted octanol–water partition coefficient (Wildman–Crippen LogP) is 3.98. The van der Waals surface area contributed by atoms with Gasteiger partial charge < -0.3 is 14.8 Å². The van der Waals surface area contributed by atoms with Crippen LogP contribution in [-0.2, 0) is 6.18 Å². The van der Waals surface area contributed by atoms with Crippen LogP contribution in [0, 0.1) is 0 Å². The number of likely N-dealkylation sites (tertiary alicyclic amines) is 1. The van der Waals surface area contributed by atoms with Crippen LogP contribution in [0.15, 0.2) is 67.0 Å². The van der Waals surface area contributed by atoms with Gasteiger partial charge in [-0.15, -0.1) is 0 Å². The normalized spacial score (nSPS) is 17.3. The molecule has 1 aromatic heterocycles. The molecule has 3 aromatic rings. The van der Waals surface area contributed by atoms with E-state index in [9.17, 15) is 22.8 Å². The molecule has 0 spiro atoms. The molecular formula is C26H25F3N4O2. The van der Waals surface area contributed by atoms with Gasteiger partial charge >= 0.3 is 6.18 Å². The number of carbonyl (C=O) groups excluding carboxylic acids is 2. The highest BCUT2D eigenvalue weighted by Crippen LogP contribution is 2.32. The van der Waals surface area contributed by atoms with Gasteiger partial charge in [0.25, 0.3) is 11.8 Å². The minimum Gasteiger partial charge on any atom is -0.367 e. The van der Waals surface area contributed by atoms with Crippen molar-refractivity contribution in [1.82, 2.24) is 19.7 Å². The van der Waals surface area contributed by atoms with Crippen molar-refractivity contribution in [3.05, 3.63) is 83.7 Å². The van der Waals surface area contributed by atoms with Crippen LogP contribution in [0.3, 0.4) is 0 Å². The zero-order valence-corrected chi connectivity index (χ0v) is 19.0. The van der Waals surface area contributed by atoms with E-state index >= 15 is 0 Å². The number of piperazine rings is 1. The second kappa shape index (κ2) is 9.22. The van der Waals surface area contributed by atoms with Gasteiger partial charge in [-0.2, -0.15) is 13.2 Å². The van der Waals surface area contributed by atoms with Crippen LogP contribution < -0.4 is 0 Å². The number of rotatable bonds is 4. The van der Waals surface area contributed by atoms with Gasteiger partial charge in [-0.05, 0) is 41.5 Å². The molecule has 0 bridgehead atoms. The van der Waals surface area contributed by atoms with E-state index in [1.807, 2.05) is 4.90 Å². The third kappa shape index (κ3) is 4.81. The molecular weight excluding hydrogens is 457 g/mol. The second-order valence-electron chi connectivity index (χ2n) is 8.95. The number of carbonyl (C=O) groups is 2. The van der Waals surface area contributed by atoms with E-state index in [4.69, 9.17) is 0 Å². The van der Waals surface area contributed by atoms with Crippen LogP contribution in [-0.4, -0.2) is 76.8 Å². The number of amides is 2. The third-order valence-electron chi connectivity index (χ3n) is 6.77. The fourth-order valence-electron chi connectivity index (χ4n) is 4.64. The topological polar surface area (TPSA) is 59.7 Å². The Hall–Kier alpha value is -3.59. The molecule has 2 amide bonds. The summed E-state index contributed by atoms with van der Waals surface area (Å²) in [5, 5.41) is 0. The Kier molecular flexibility index (Phi) is 6.10. The zero-order valence-electron chi connectivity index (χ0n) is 19.0. The molecule has 0 unspecified atom stereocenters. The van der Waals surface area contributed by atoms with Gasteiger partial charge in [0.15, 0.2) is 0 Å². The molecule has 2 saturated heterocycles. The molecule has 35 heavy (non-hydrogen) atoms. The Bertz CT molecular complexity index is 1190. The Balaban J connectivity index is 1.14. The van der Waals surface area contributed by atoms with Crippen molar-refractivity contribution >= 4 is 11.8 Å². The lowest BCUT2D eigenvalue weighted by atomic mass is 10.00. The van der Waals surface area contributed by atoms with Gasteiger partial charge in [0.05, 0.1) is 11.1 Å². The summed E-state index contributed by atoms with van der Waals surface area (Å²) in [5.41, 5.74) is 1.56. The fourth-order valence-corrected chi connectivity index (χ4v) is 4.64. The van der Waals surface area contributed by atoms with E-state index < -0.39 is 11.7 Å². The molecule has 2 aliphatic rings. The molecule has 6 nitrogen and oxygen atoms in total. The maximum Gasteiger partial charge on any atom is 0.416 e. The van der Waals surface area contributed by atoms with E-state index in [1.165, 1.54) is 6.07 Å². The summed E-state index contributed by atoms with van der Waals surface area (Å²) in [4.78, 5) is 34.2. The first-order chi connectivity index (χ1) is 16.8. The molecule has 1 N–H and O–H groups in total. The first-order valence-corrected chi connectivity index (χ1v) is 11.5. The highest BCUT2D eigenvalue weighted by Gasteiger charge is 2.37. The van der Waals surface area contributed by atoms with Crippen LogP contribution in [0.4, 0.5) is 13.2 Å². The van der Waals surface area contributed by atoms with Gasteiger partial charge in [-0.3, -0.25) is 14.5 Å². The first-order valence-electron chi connectivity index (χ1n) is 11.5. The van der Waals surface area contributed by atoms with Gasteiger partial charge in [0.2, 0.25) is 0 Å². The number of H-pyrrole nitrogens is 1. The molecule has 3 heterocycles. The maximum absolute atomic E-state index is 13.0. The Morgan fingerprint density at radius 2 is 1.49 bits per heavy atom. The Labute approximate surface area is 200 Å². The lowest BCUT2D eigenvalue weighted by Gasteiger charge is -2.48. The molecule has 0 radical (unpaired) electrons. The van der Waals surface area contributed by atoms with Gasteiger partial charge in [0, 0.05) is 63.3 Å². The first kappa shape index (κ1) is 23.2. The summed E-state index contributed by atoms with van der Waals surface area (Å²) >= 11 is 0. The predicted molar refractivity (Wildman–Crippen MR) is 125 cm³/mol. The molecule has 0 atom stereocenters. The van der Waals surface area contributed by atoms with Crippen molar-refractivity contribution in [2.45, 2.75) is 12.2 Å². The minimum absolute atomic E-state index is 0.0323. The number of alkyl halides is 3. The number of nitrogens with zero attached hydrogens (tertiary/aromatic N) is 3. The number of hydrogen-bond donors (Lipinski definition) is 1. The average Bonchev–Trinajstić information content (AvgIpc) is 3.38. The maximum atomic E-state index is 13.0. The molecule has 182 valence electrons. The van der Waals surface area contributed by atoms with Crippen molar-refractivity contribution in [2.75, 3.05) is 39.3 Å². The largest absolute Gasteiger partial charge is 0.416 e. The summed E-state index contributed by atoms with van der Waals surface area (Å²) < 4.78 is 39.0. The molecule has 0 aliphatic carbocycles. The third-order valence-corrected chi connectivity index (χ3v) is 6.77. The molecule has 0 saturated carbocycles. The Morgan fingerprint density at radius 1 is 0.800 bits per heavy atom. The van der Waals surface area contributed by atoms with Crippen LogP contribution in [0.5, 0.6) is 0 Å². The van der Waals surface area contributed by atoms with Crippen molar-refractivity contribution in [3.63, 3.8) is 0 Å². The number of halogens is 3. The molecule has 5 rings (SSSR count). The minimum atomic E-state index is -4.40. The zero-order chi connectivity index (χ0) is 24.6.